The summed E-state index contributed by atoms with van der Waals surface area (Å²) in [5.74, 6) is -4.08. The molecule has 2 atom stereocenters. The zero-order valence-electron chi connectivity index (χ0n) is 24.1. The second kappa shape index (κ2) is 13.0. The van der Waals surface area contributed by atoms with Gasteiger partial charge in [0.15, 0.2) is 0 Å². The quantitative estimate of drug-likeness (QED) is 0.207. The van der Waals surface area contributed by atoms with E-state index in [0.717, 1.165) is 49.0 Å². The zero-order chi connectivity index (χ0) is 31.4. The first-order chi connectivity index (χ1) is 19.5. The van der Waals surface area contributed by atoms with Crippen LogP contribution in [-0.2, 0) is 19.1 Å². The van der Waals surface area contributed by atoms with Crippen molar-refractivity contribution in [3.63, 3.8) is 0 Å². The molecule has 3 rings (SSSR count). The number of alkyl carbamates (subject to hydrolysis) is 1. The summed E-state index contributed by atoms with van der Waals surface area (Å²) in [5, 5.41) is 9.13. The summed E-state index contributed by atoms with van der Waals surface area (Å²) < 4.78 is 63.4. The van der Waals surface area contributed by atoms with E-state index >= 15 is 4.39 Å². The van der Waals surface area contributed by atoms with Gasteiger partial charge in [-0.15, -0.1) is 0 Å². The Morgan fingerprint density at radius 1 is 0.976 bits per heavy atom. The number of hydrogen-bond donors (Lipinski definition) is 4. The molecule has 2 saturated carbocycles. The second-order valence-electron chi connectivity index (χ2n) is 11.2. The predicted molar refractivity (Wildman–Crippen MR) is 145 cm³/mol. The van der Waals surface area contributed by atoms with Crippen molar-refractivity contribution in [3.8, 4) is 0 Å². The fraction of sp³-hybridized carbons (Fsp3) is 0.571. The highest BCUT2D eigenvalue weighted by atomic mass is 19.4. The number of nitrogens with one attached hydrogen (secondary N) is 4. The van der Waals surface area contributed by atoms with E-state index in [-0.39, 0.29) is 23.8 Å². The van der Waals surface area contributed by atoms with Gasteiger partial charge >= 0.3 is 18.4 Å². The van der Waals surface area contributed by atoms with Gasteiger partial charge in [0.1, 0.15) is 24.0 Å². The number of hydrogen-bond acceptors (Lipinski definition) is 6. The summed E-state index contributed by atoms with van der Waals surface area (Å²) in [4.78, 5) is 50.8. The van der Waals surface area contributed by atoms with Crippen LogP contribution in [0.4, 0.5) is 38.5 Å². The van der Waals surface area contributed by atoms with Crippen LogP contribution < -0.4 is 21.3 Å². The lowest BCUT2D eigenvalue weighted by atomic mass is 9.96. The van der Waals surface area contributed by atoms with E-state index in [9.17, 15) is 32.3 Å². The van der Waals surface area contributed by atoms with E-state index in [1.165, 1.54) is 13.8 Å². The molecule has 0 spiro atoms. The highest BCUT2D eigenvalue weighted by Gasteiger charge is 2.40. The van der Waals surface area contributed by atoms with E-state index in [1.807, 2.05) is 0 Å². The van der Waals surface area contributed by atoms with E-state index < -0.39 is 65.8 Å². The number of allylic oxidation sites excluding steroid dienone is 1. The number of ether oxygens (including phenoxy) is 2. The maximum absolute atomic E-state index is 15.4. The Kier molecular flexibility index (Phi) is 10.1. The van der Waals surface area contributed by atoms with Crippen molar-refractivity contribution in [2.75, 3.05) is 23.8 Å². The Labute approximate surface area is 240 Å². The van der Waals surface area contributed by atoms with Crippen molar-refractivity contribution in [1.29, 1.82) is 0 Å². The van der Waals surface area contributed by atoms with E-state index in [4.69, 9.17) is 9.47 Å². The third-order valence-electron chi connectivity index (χ3n) is 6.39. The van der Waals surface area contributed by atoms with Gasteiger partial charge in [0.2, 0.25) is 5.91 Å². The first kappa shape index (κ1) is 32.7. The standard InChI is InChI=1S/C28H36F4N4O6/c1-6-41-25(39)35-19-12-20(18(29)11-17(19)14(2)23(37)33-13-28(30,31)32)34-24(38)22(36-26(40)42-27(3,4)5)21(15-7-8-15)16-9-10-16/h11-12,14-15,22H,6-10,13H2,1-5H3,(H,33,37)(H,34,38)(H,35,39)(H,36,40)/t14?,22-/m0/s1. The van der Waals surface area contributed by atoms with E-state index in [0.29, 0.717) is 0 Å². The van der Waals surface area contributed by atoms with Crippen LogP contribution in [0, 0.1) is 11.7 Å². The van der Waals surface area contributed by atoms with Gasteiger partial charge in [0.05, 0.1) is 23.9 Å². The first-order valence-corrected chi connectivity index (χ1v) is 13.6. The van der Waals surface area contributed by atoms with Gasteiger partial charge in [-0.3, -0.25) is 14.9 Å². The molecule has 4 amide bonds. The maximum atomic E-state index is 15.4. The van der Waals surface area contributed by atoms with Gasteiger partial charge in [-0.2, -0.15) is 13.2 Å². The molecular weight excluding hydrogens is 564 g/mol. The molecule has 1 aromatic carbocycles. The number of rotatable bonds is 10. The minimum absolute atomic E-state index is 0.0236. The fourth-order valence-electron chi connectivity index (χ4n) is 4.30. The van der Waals surface area contributed by atoms with Crippen LogP contribution in [0.15, 0.2) is 23.3 Å². The number of carbonyl (C=O) groups is 4. The molecule has 4 N–H and O–H groups in total. The molecular formula is C28H36F4N4O6. The largest absolute Gasteiger partial charge is 0.450 e. The summed E-state index contributed by atoms with van der Waals surface area (Å²) >= 11 is 0. The number of halogens is 4. The van der Waals surface area contributed by atoms with Gasteiger partial charge < -0.3 is 25.4 Å². The Morgan fingerprint density at radius 2 is 1.62 bits per heavy atom. The molecule has 2 aliphatic carbocycles. The first-order valence-electron chi connectivity index (χ1n) is 13.6. The molecule has 1 aromatic rings. The lowest BCUT2D eigenvalue weighted by molar-refractivity contribution is -0.139. The highest BCUT2D eigenvalue weighted by Crippen LogP contribution is 2.46. The Balaban J connectivity index is 1.92. The molecule has 42 heavy (non-hydrogen) atoms. The van der Waals surface area contributed by atoms with E-state index in [1.54, 1.807) is 26.1 Å². The smallest absolute Gasteiger partial charge is 0.411 e. The van der Waals surface area contributed by atoms with Crippen LogP contribution in [0.25, 0.3) is 0 Å². The summed E-state index contributed by atoms with van der Waals surface area (Å²) in [5.41, 5.74) is 0.240. The molecule has 0 saturated heterocycles. The lowest BCUT2D eigenvalue weighted by Crippen LogP contribution is -2.47. The summed E-state index contributed by atoms with van der Waals surface area (Å²) in [6, 6.07) is 0.725. The normalized spacial score (nSPS) is 16.1. The Bertz CT molecular complexity index is 1250. The summed E-state index contributed by atoms with van der Waals surface area (Å²) in [6.07, 6.45) is -3.24. The lowest BCUT2D eigenvalue weighted by Gasteiger charge is -2.25. The maximum Gasteiger partial charge on any atom is 0.411 e. The molecule has 0 radical (unpaired) electrons. The van der Waals surface area contributed by atoms with Crippen LogP contribution in [0.3, 0.4) is 0 Å². The fourth-order valence-corrected chi connectivity index (χ4v) is 4.30. The Morgan fingerprint density at radius 3 is 2.14 bits per heavy atom. The van der Waals surface area contributed by atoms with Crippen LogP contribution in [0.1, 0.15) is 71.8 Å². The second-order valence-corrected chi connectivity index (χ2v) is 11.2. The number of carbonyl (C=O) groups excluding carboxylic acids is 4. The Hall–Kier alpha value is -3.84. The monoisotopic (exact) mass is 600 g/mol. The number of benzene rings is 1. The van der Waals surface area contributed by atoms with Crippen LogP contribution in [0.2, 0.25) is 0 Å². The third kappa shape index (κ3) is 9.62. The number of alkyl halides is 3. The number of anilines is 2. The predicted octanol–water partition coefficient (Wildman–Crippen LogP) is 5.51. The number of amides is 4. The molecule has 2 fully saturated rings. The topological polar surface area (TPSA) is 135 Å². The molecule has 0 bridgehead atoms. The van der Waals surface area contributed by atoms with Crippen LogP contribution in [0.5, 0.6) is 0 Å². The van der Waals surface area contributed by atoms with Crippen LogP contribution in [-0.4, -0.2) is 55.0 Å². The van der Waals surface area contributed by atoms with Gasteiger partial charge in [0.25, 0.3) is 5.91 Å². The summed E-state index contributed by atoms with van der Waals surface area (Å²) in [7, 11) is 0. The molecule has 232 valence electrons. The van der Waals surface area contributed by atoms with Crippen LogP contribution >= 0.6 is 0 Å². The third-order valence-corrected chi connectivity index (χ3v) is 6.39. The molecule has 10 nitrogen and oxygen atoms in total. The van der Waals surface area contributed by atoms with Crippen molar-refractivity contribution in [2.24, 2.45) is 5.92 Å². The van der Waals surface area contributed by atoms with Crippen molar-refractivity contribution < 1.29 is 46.2 Å². The summed E-state index contributed by atoms with van der Waals surface area (Å²) in [6.45, 7) is 6.16. The molecule has 1 unspecified atom stereocenters. The van der Waals surface area contributed by atoms with Crippen molar-refractivity contribution >= 4 is 35.4 Å². The van der Waals surface area contributed by atoms with Crippen molar-refractivity contribution in [2.45, 2.75) is 84.0 Å². The van der Waals surface area contributed by atoms with Crippen molar-refractivity contribution in [1.82, 2.24) is 10.6 Å². The van der Waals surface area contributed by atoms with Gasteiger partial charge in [-0.25, -0.2) is 14.0 Å². The average Bonchev–Trinajstić information content (AvgIpc) is 3.77. The molecule has 0 heterocycles. The average molecular weight is 601 g/mol. The molecule has 0 aliphatic heterocycles. The van der Waals surface area contributed by atoms with E-state index in [2.05, 4.69) is 16.0 Å². The minimum atomic E-state index is -4.67. The van der Waals surface area contributed by atoms with Crippen molar-refractivity contribution in [3.05, 3.63) is 34.7 Å². The SMILES string of the molecule is CCOC(=O)Nc1cc(NC(=O)[C@@H](NC(=O)OC(C)(C)C)C(=C2CC2)C2CC2)c(F)cc1C(C)C(=O)NCC(F)(F)F. The van der Waals surface area contributed by atoms with Gasteiger partial charge in [-0.1, -0.05) is 5.57 Å². The van der Waals surface area contributed by atoms with Gasteiger partial charge in [-0.05, 0) is 89.5 Å². The molecule has 2 aliphatic rings. The highest BCUT2D eigenvalue weighted by molar-refractivity contribution is 6.00. The molecule has 14 heteroatoms. The minimum Gasteiger partial charge on any atom is -0.450 e. The zero-order valence-corrected chi connectivity index (χ0v) is 24.1. The molecule has 0 aromatic heterocycles. The van der Waals surface area contributed by atoms with Gasteiger partial charge in [0, 0.05) is 0 Å².